The third-order valence-corrected chi connectivity index (χ3v) is 2.94. The molecule has 21 heavy (non-hydrogen) atoms. The van der Waals surface area contributed by atoms with E-state index in [2.05, 4.69) is 0 Å². The van der Waals surface area contributed by atoms with Gasteiger partial charge in [0, 0.05) is 6.42 Å². The molecule has 0 amide bonds. The topological polar surface area (TPSA) is 52.6 Å². The minimum absolute atomic E-state index is 0.136. The average Bonchev–Trinajstić information content (AvgIpc) is 2.34. The van der Waals surface area contributed by atoms with Gasteiger partial charge in [-0.1, -0.05) is 26.7 Å². The van der Waals surface area contributed by atoms with Gasteiger partial charge < -0.3 is 14.0 Å². The largest absolute Gasteiger partial charge is 0.466 e. The molecule has 0 rings (SSSR count). The van der Waals surface area contributed by atoms with Crippen LogP contribution in [0.15, 0.2) is 0 Å². The Labute approximate surface area is 129 Å². The van der Waals surface area contributed by atoms with Crippen LogP contribution in [0.5, 0.6) is 0 Å². The molecular weight excluding hydrogens is 270 g/mol. The van der Waals surface area contributed by atoms with Crippen molar-refractivity contribution in [2.45, 2.75) is 58.5 Å². The van der Waals surface area contributed by atoms with Gasteiger partial charge in [-0.2, -0.15) is 0 Å². The fourth-order valence-electron chi connectivity index (χ4n) is 1.90. The number of carbonyl (C=O) groups excluding carboxylic acids is 2. The van der Waals surface area contributed by atoms with Gasteiger partial charge in [-0.15, -0.1) is 0 Å². The Kier molecular flexibility index (Phi) is 10.0. The maximum Gasteiger partial charge on any atom is 0.309 e. The number of hydrogen-bond donors (Lipinski definition) is 0. The molecule has 5 heteroatoms. The fourth-order valence-corrected chi connectivity index (χ4v) is 1.90. The molecule has 0 fully saturated rings. The average molecular weight is 302 g/mol. The first-order valence-corrected chi connectivity index (χ1v) is 7.94. The van der Waals surface area contributed by atoms with Gasteiger partial charge in [-0.3, -0.25) is 9.59 Å². The predicted octanol–water partition coefficient (Wildman–Crippen LogP) is 2.53. The van der Waals surface area contributed by atoms with Crippen molar-refractivity contribution >= 4 is 11.9 Å². The minimum Gasteiger partial charge on any atom is -0.466 e. The summed E-state index contributed by atoms with van der Waals surface area (Å²) in [7, 11) is 6.03. The first kappa shape index (κ1) is 19.9. The van der Waals surface area contributed by atoms with E-state index >= 15 is 0 Å². The lowest BCUT2D eigenvalue weighted by Gasteiger charge is -2.28. The van der Waals surface area contributed by atoms with Crippen LogP contribution < -0.4 is 0 Å². The van der Waals surface area contributed by atoms with E-state index in [0.717, 1.165) is 25.7 Å². The van der Waals surface area contributed by atoms with Crippen LogP contribution in [0.4, 0.5) is 0 Å². The first-order chi connectivity index (χ1) is 9.78. The summed E-state index contributed by atoms with van der Waals surface area (Å²) in [5.41, 5.74) is 0. The zero-order chi connectivity index (χ0) is 16.3. The maximum atomic E-state index is 11.8. The Balaban J connectivity index is 4.38. The Morgan fingerprint density at radius 3 is 2.14 bits per heavy atom. The van der Waals surface area contributed by atoms with Crippen molar-refractivity contribution in [1.29, 1.82) is 0 Å². The van der Waals surface area contributed by atoms with E-state index in [4.69, 9.17) is 9.47 Å². The molecule has 1 atom stereocenters. The maximum absolute atomic E-state index is 11.8. The summed E-state index contributed by atoms with van der Waals surface area (Å²) in [5, 5.41) is 0. The van der Waals surface area contributed by atoms with Crippen molar-refractivity contribution in [3.8, 4) is 0 Å². The molecule has 0 aliphatic rings. The summed E-state index contributed by atoms with van der Waals surface area (Å²) in [6.45, 7) is 5.11. The highest BCUT2D eigenvalue weighted by Gasteiger charge is 2.25. The second-order valence-corrected chi connectivity index (χ2v) is 6.47. The monoisotopic (exact) mass is 302 g/mol. The molecule has 0 aromatic carbocycles. The molecule has 0 heterocycles. The van der Waals surface area contributed by atoms with Crippen LogP contribution in [0, 0.1) is 0 Å². The van der Waals surface area contributed by atoms with Gasteiger partial charge in [0.25, 0.3) is 0 Å². The van der Waals surface area contributed by atoms with E-state index in [1.807, 2.05) is 35.0 Å². The van der Waals surface area contributed by atoms with Gasteiger partial charge in [-0.25, -0.2) is 0 Å². The molecule has 0 aromatic rings. The summed E-state index contributed by atoms with van der Waals surface area (Å²) in [4.78, 5) is 23.5. The second-order valence-electron chi connectivity index (χ2n) is 6.47. The molecule has 0 N–H and O–H groups in total. The molecule has 0 saturated heterocycles. The SMILES string of the molecule is CCCCOC(=O)CC(C[N+](C)(C)C)OC(=O)CCCC. The summed E-state index contributed by atoms with van der Waals surface area (Å²) >= 11 is 0. The van der Waals surface area contributed by atoms with Crippen LogP contribution in [0.25, 0.3) is 0 Å². The van der Waals surface area contributed by atoms with E-state index in [1.54, 1.807) is 0 Å². The predicted molar refractivity (Wildman–Crippen MR) is 82.8 cm³/mol. The quantitative estimate of drug-likeness (QED) is 0.334. The summed E-state index contributed by atoms with van der Waals surface area (Å²) in [6.07, 6.45) is 3.75. The minimum atomic E-state index is -0.413. The Hall–Kier alpha value is -1.10. The summed E-state index contributed by atoms with van der Waals surface area (Å²) in [6, 6.07) is 0. The first-order valence-electron chi connectivity index (χ1n) is 7.94. The molecule has 1 unspecified atom stereocenters. The molecular formula is C16H32NO4+. The summed E-state index contributed by atoms with van der Waals surface area (Å²) in [5.74, 6) is -0.512. The van der Waals surface area contributed by atoms with Gasteiger partial charge in [0.2, 0.25) is 0 Å². The smallest absolute Gasteiger partial charge is 0.309 e. The number of unbranched alkanes of at least 4 members (excludes halogenated alkanes) is 2. The molecule has 0 radical (unpaired) electrons. The van der Waals surface area contributed by atoms with Gasteiger partial charge in [0.05, 0.1) is 34.2 Å². The lowest BCUT2D eigenvalue weighted by atomic mass is 10.2. The molecule has 0 spiro atoms. The van der Waals surface area contributed by atoms with Crippen LogP contribution in [0.2, 0.25) is 0 Å². The third kappa shape index (κ3) is 12.4. The zero-order valence-corrected chi connectivity index (χ0v) is 14.3. The van der Waals surface area contributed by atoms with Crippen molar-refractivity contribution in [2.75, 3.05) is 34.3 Å². The Bertz CT molecular complexity index is 310. The number of carbonyl (C=O) groups is 2. The molecule has 0 aliphatic carbocycles. The van der Waals surface area contributed by atoms with Crippen molar-refractivity contribution in [3.63, 3.8) is 0 Å². The standard InChI is InChI=1S/C16H32NO4/c1-6-8-10-15(18)21-14(13-17(3,4)5)12-16(19)20-11-9-7-2/h14H,6-13H2,1-5H3/q+1. The van der Waals surface area contributed by atoms with Crippen LogP contribution in [-0.4, -0.2) is 56.8 Å². The van der Waals surface area contributed by atoms with Crippen molar-refractivity contribution in [3.05, 3.63) is 0 Å². The lowest BCUT2D eigenvalue weighted by Crippen LogP contribution is -2.44. The normalized spacial score (nSPS) is 12.8. The van der Waals surface area contributed by atoms with Crippen molar-refractivity contribution < 1.29 is 23.5 Å². The Morgan fingerprint density at radius 1 is 1.00 bits per heavy atom. The van der Waals surface area contributed by atoms with E-state index < -0.39 is 6.10 Å². The van der Waals surface area contributed by atoms with Crippen molar-refractivity contribution in [1.82, 2.24) is 0 Å². The van der Waals surface area contributed by atoms with Gasteiger partial charge >= 0.3 is 11.9 Å². The molecule has 0 bridgehead atoms. The Morgan fingerprint density at radius 2 is 1.62 bits per heavy atom. The van der Waals surface area contributed by atoms with E-state index in [0.29, 0.717) is 24.1 Å². The van der Waals surface area contributed by atoms with E-state index in [1.165, 1.54) is 0 Å². The number of ether oxygens (including phenoxy) is 2. The third-order valence-electron chi connectivity index (χ3n) is 2.94. The zero-order valence-electron chi connectivity index (χ0n) is 14.3. The number of likely N-dealkylation sites (N-methyl/N-ethyl adjacent to an activating group) is 1. The van der Waals surface area contributed by atoms with Crippen LogP contribution >= 0.6 is 0 Å². The highest BCUT2D eigenvalue weighted by Crippen LogP contribution is 2.09. The van der Waals surface area contributed by atoms with Crippen LogP contribution in [0.1, 0.15) is 52.4 Å². The van der Waals surface area contributed by atoms with Crippen molar-refractivity contribution in [2.24, 2.45) is 0 Å². The number of esters is 2. The van der Waals surface area contributed by atoms with Gasteiger partial charge in [0.1, 0.15) is 6.54 Å². The van der Waals surface area contributed by atoms with Gasteiger partial charge in [0.15, 0.2) is 6.10 Å². The molecule has 0 aliphatic heterocycles. The molecule has 0 saturated carbocycles. The summed E-state index contributed by atoms with van der Waals surface area (Å²) < 4.78 is 11.2. The highest BCUT2D eigenvalue weighted by molar-refractivity contribution is 5.72. The molecule has 0 aromatic heterocycles. The lowest BCUT2D eigenvalue weighted by molar-refractivity contribution is -0.873. The molecule has 5 nitrogen and oxygen atoms in total. The number of hydrogen-bond acceptors (Lipinski definition) is 4. The number of quaternary nitrogens is 1. The van der Waals surface area contributed by atoms with Crippen LogP contribution in [-0.2, 0) is 19.1 Å². The van der Waals surface area contributed by atoms with E-state index in [9.17, 15) is 9.59 Å². The molecule has 124 valence electrons. The van der Waals surface area contributed by atoms with E-state index in [-0.39, 0.29) is 18.4 Å². The van der Waals surface area contributed by atoms with Gasteiger partial charge in [-0.05, 0) is 12.8 Å². The second kappa shape index (κ2) is 10.6. The highest BCUT2D eigenvalue weighted by atomic mass is 16.6. The van der Waals surface area contributed by atoms with Crippen LogP contribution in [0.3, 0.4) is 0 Å². The number of nitrogens with zero attached hydrogens (tertiary/aromatic N) is 1. The number of rotatable bonds is 11. The fraction of sp³-hybridized carbons (Fsp3) is 0.875.